The molecule has 0 heterocycles. The fraction of sp³-hybridized carbons (Fsp3) is 0.120. The van der Waals surface area contributed by atoms with Crippen molar-refractivity contribution in [3.63, 3.8) is 0 Å². The Kier molecular flexibility index (Phi) is 10.5. The minimum atomic E-state index is -5.08. The molecule has 3 aromatic carbocycles. The summed E-state index contributed by atoms with van der Waals surface area (Å²) in [6.07, 6.45) is -3.58. The molecule has 0 aliphatic carbocycles. The number of sulfonamides is 1. The molecule has 0 aliphatic rings. The second-order valence-electron chi connectivity index (χ2n) is 8.01. The van der Waals surface area contributed by atoms with E-state index in [9.17, 15) is 36.3 Å². The summed E-state index contributed by atoms with van der Waals surface area (Å²) in [5, 5.41) is 27.9. The van der Waals surface area contributed by atoms with Crippen LogP contribution in [0.4, 0.5) is 13.2 Å². The second kappa shape index (κ2) is 13.3. The number of nitrogens with zero attached hydrogens (tertiary/aromatic N) is 1. The smallest absolute Gasteiger partial charge is 0.480 e. The van der Waals surface area contributed by atoms with E-state index in [1.54, 1.807) is 54.6 Å². The number of carbonyl (C=O) groups is 3. The van der Waals surface area contributed by atoms with Crippen LogP contribution in [0.3, 0.4) is 0 Å². The van der Waals surface area contributed by atoms with Crippen LogP contribution in [-0.2, 0) is 26.0 Å². The number of amides is 1. The Morgan fingerprint density at radius 3 is 2.10 bits per heavy atom. The first-order valence-electron chi connectivity index (χ1n) is 11.0. The van der Waals surface area contributed by atoms with E-state index in [2.05, 4.69) is 10.4 Å². The summed E-state index contributed by atoms with van der Waals surface area (Å²) in [5.74, 6) is 0.637. The van der Waals surface area contributed by atoms with E-state index in [1.165, 1.54) is 24.4 Å². The van der Waals surface area contributed by atoms with Crippen molar-refractivity contribution in [1.82, 2.24) is 5.32 Å². The van der Waals surface area contributed by atoms with E-state index in [-0.39, 0.29) is 16.9 Å². The van der Waals surface area contributed by atoms with Crippen LogP contribution < -0.4 is 16.3 Å². The number of hydrogen-bond acceptors (Lipinski definition) is 7. The highest BCUT2D eigenvalue weighted by molar-refractivity contribution is 7.89. The molecule has 3 rings (SSSR count). The Balaban J connectivity index is 0.000000708. The van der Waals surface area contributed by atoms with Crippen molar-refractivity contribution in [3.05, 3.63) is 89.5 Å². The van der Waals surface area contributed by atoms with Crippen LogP contribution in [-0.4, -0.2) is 54.9 Å². The molecule has 0 unspecified atom stereocenters. The third-order valence-corrected chi connectivity index (χ3v) is 6.08. The van der Waals surface area contributed by atoms with Crippen molar-refractivity contribution in [2.45, 2.75) is 23.5 Å². The number of alkyl halides is 3. The maximum atomic E-state index is 12.7. The first-order chi connectivity index (χ1) is 18.6. The fourth-order valence-corrected chi connectivity index (χ4v) is 4.08. The van der Waals surface area contributed by atoms with Crippen molar-refractivity contribution >= 4 is 34.1 Å². The highest BCUT2D eigenvalue weighted by Gasteiger charge is 2.38. The molecule has 0 fully saturated rings. The molecule has 0 spiro atoms. The van der Waals surface area contributed by atoms with Crippen LogP contribution >= 0.6 is 0 Å². The predicted octanol–water partition coefficient (Wildman–Crippen LogP) is 2.35. The summed E-state index contributed by atoms with van der Waals surface area (Å²) in [4.78, 5) is 33.3. The molecule has 0 aliphatic heterocycles. The van der Waals surface area contributed by atoms with Crippen molar-refractivity contribution < 1.29 is 46.2 Å². The highest BCUT2D eigenvalue weighted by atomic mass is 32.2. The number of carboxylic acids is 2. The summed E-state index contributed by atoms with van der Waals surface area (Å²) in [6.45, 7) is 0. The van der Waals surface area contributed by atoms with Crippen molar-refractivity contribution in [1.29, 1.82) is 0 Å². The van der Waals surface area contributed by atoms with E-state index < -0.39 is 40.1 Å². The predicted molar refractivity (Wildman–Crippen MR) is 138 cm³/mol. The van der Waals surface area contributed by atoms with Crippen molar-refractivity contribution in [2.24, 2.45) is 16.1 Å². The van der Waals surface area contributed by atoms with Crippen LogP contribution in [0, 0.1) is 0 Å². The molecule has 212 valence electrons. The SMILES string of the molecule is NN=Cc1cccc(C[C@H](NC(=O)c2ccc(-c3ccccc3S(N)(=O)=O)cc2)C(=O)O)c1.O=C(O)C(F)(F)F. The number of hydrogen-bond donors (Lipinski definition) is 5. The number of nitrogens with two attached hydrogens (primary N) is 2. The lowest BCUT2D eigenvalue weighted by molar-refractivity contribution is -0.192. The molecule has 3 aromatic rings. The molecule has 0 saturated heterocycles. The summed E-state index contributed by atoms with van der Waals surface area (Å²) in [5.41, 5.74) is 2.57. The normalized spacial score (nSPS) is 12.2. The third kappa shape index (κ3) is 9.21. The molecule has 7 N–H and O–H groups in total. The van der Waals surface area contributed by atoms with Crippen molar-refractivity contribution in [3.8, 4) is 11.1 Å². The number of hydrazone groups is 1. The number of halogens is 3. The summed E-state index contributed by atoms with van der Waals surface area (Å²) >= 11 is 0. The first-order valence-corrected chi connectivity index (χ1v) is 12.6. The number of carboxylic acid groups (broad SMARTS) is 2. The Morgan fingerprint density at radius 2 is 1.57 bits per heavy atom. The molecule has 11 nitrogen and oxygen atoms in total. The summed E-state index contributed by atoms with van der Waals surface area (Å²) in [6, 6.07) is 18.2. The van der Waals surface area contributed by atoms with Gasteiger partial charge >= 0.3 is 18.1 Å². The number of nitrogens with one attached hydrogen (secondary N) is 1. The number of rotatable bonds is 8. The van der Waals surface area contributed by atoms with Gasteiger partial charge in [0.05, 0.1) is 11.1 Å². The Morgan fingerprint density at radius 1 is 0.975 bits per heavy atom. The van der Waals surface area contributed by atoms with Gasteiger partial charge in [-0.05, 0) is 34.9 Å². The molecule has 1 atom stereocenters. The molecule has 1 amide bonds. The van der Waals surface area contributed by atoms with Gasteiger partial charge in [0.1, 0.15) is 6.04 Å². The van der Waals surface area contributed by atoms with Crippen LogP contribution in [0.1, 0.15) is 21.5 Å². The molecular weight excluding hydrogens is 557 g/mol. The largest absolute Gasteiger partial charge is 0.490 e. The maximum Gasteiger partial charge on any atom is 0.490 e. The zero-order chi connectivity index (χ0) is 30.1. The monoisotopic (exact) mass is 580 g/mol. The molecular formula is C25H23F3N4O7S. The van der Waals surface area contributed by atoms with Crippen molar-refractivity contribution in [2.75, 3.05) is 0 Å². The zero-order valence-electron chi connectivity index (χ0n) is 20.4. The van der Waals surface area contributed by atoms with Gasteiger partial charge in [0.25, 0.3) is 5.91 Å². The van der Waals surface area contributed by atoms with Crippen LogP contribution in [0.5, 0.6) is 0 Å². The second-order valence-corrected chi connectivity index (χ2v) is 9.54. The van der Waals surface area contributed by atoms with E-state index in [0.717, 1.165) is 0 Å². The van der Waals surface area contributed by atoms with Crippen LogP contribution in [0.15, 0.2) is 82.8 Å². The first kappa shape index (κ1) is 31.5. The highest BCUT2D eigenvalue weighted by Crippen LogP contribution is 2.26. The average molecular weight is 581 g/mol. The van der Waals surface area contributed by atoms with Gasteiger partial charge in [-0.15, -0.1) is 0 Å². The topological polar surface area (TPSA) is 202 Å². The lowest BCUT2D eigenvalue weighted by Crippen LogP contribution is -2.42. The Hall–Kier alpha value is -4.76. The maximum absolute atomic E-state index is 12.7. The minimum Gasteiger partial charge on any atom is -0.480 e. The van der Waals surface area contributed by atoms with E-state index in [4.69, 9.17) is 20.9 Å². The quantitative estimate of drug-likeness (QED) is 0.152. The van der Waals surface area contributed by atoms with E-state index >= 15 is 0 Å². The summed E-state index contributed by atoms with van der Waals surface area (Å²) in [7, 11) is -3.93. The van der Waals surface area contributed by atoms with Gasteiger partial charge in [0, 0.05) is 17.5 Å². The molecule has 40 heavy (non-hydrogen) atoms. The minimum absolute atomic E-state index is 0.0324. The standard InChI is InChI=1S/C23H22N4O5S.C2HF3O2/c24-26-14-16-5-3-4-15(12-16)13-20(23(29)30)27-22(28)18-10-8-17(9-11-18)19-6-1-2-7-21(19)33(25,31)32;3-2(4,5)1(6)7/h1-12,14,20H,13,24H2,(H,27,28)(H,29,30)(H2,25,31,32);(H,6,7)/t20-;/m0./s1. The van der Waals surface area contributed by atoms with Gasteiger partial charge in [0.15, 0.2) is 0 Å². The Labute approximate surface area is 226 Å². The average Bonchev–Trinajstić information content (AvgIpc) is 2.88. The number of aliphatic carboxylic acids is 2. The molecule has 0 bridgehead atoms. The lowest BCUT2D eigenvalue weighted by Gasteiger charge is -2.15. The fourth-order valence-electron chi connectivity index (χ4n) is 3.32. The third-order valence-electron chi connectivity index (χ3n) is 5.11. The van der Waals surface area contributed by atoms with E-state index in [1.807, 2.05) is 0 Å². The van der Waals surface area contributed by atoms with Crippen LogP contribution in [0.25, 0.3) is 11.1 Å². The summed E-state index contributed by atoms with van der Waals surface area (Å²) < 4.78 is 55.4. The van der Waals surface area contributed by atoms with E-state index in [0.29, 0.717) is 22.3 Å². The van der Waals surface area contributed by atoms with Gasteiger partial charge in [-0.25, -0.2) is 23.1 Å². The number of primary sulfonamides is 1. The molecule has 0 radical (unpaired) electrons. The number of carbonyl (C=O) groups excluding carboxylic acids is 1. The van der Waals surface area contributed by atoms with Crippen LogP contribution in [0.2, 0.25) is 0 Å². The van der Waals surface area contributed by atoms with Gasteiger partial charge in [0.2, 0.25) is 10.0 Å². The van der Waals surface area contributed by atoms with Gasteiger partial charge in [-0.1, -0.05) is 54.6 Å². The van der Waals surface area contributed by atoms with Gasteiger partial charge in [-0.2, -0.15) is 18.3 Å². The molecule has 0 aromatic heterocycles. The van der Waals surface area contributed by atoms with Gasteiger partial charge < -0.3 is 21.4 Å². The zero-order valence-corrected chi connectivity index (χ0v) is 21.2. The Bertz CT molecular complexity index is 1510. The number of benzene rings is 3. The van der Waals surface area contributed by atoms with Gasteiger partial charge in [-0.3, -0.25) is 4.79 Å². The molecule has 15 heteroatoms. The molecule has 0 saturated carbocycles. The lowest BCUT2D eigenvalue weighted by atomic mass is 10.0.